The maximum absolute atomic E-state index is 11.9. The van der Waals surface area contributed by atoms with Gasteiger partial charge in [-0.15, -0.1) is 12.4 Å². The lowest BCUT2D eigenvalue weighted by atomic mass is 10.1. The highest BCUT2D eigenvalue weighted by molar-refractivity contribution is 5.91. The van der Waals surface area contributed by atoms with Crippen molar-refractivity contribution < 1.29 is 14.3 Å². The fourth-order valence-corrected chi connectivity index (χ4v) is 2.24. The first-order chi connectivity index (χ1) is 9.78. The van der Waals surface area contributed by atoms with E-state index >= 15 is 0 Å². The van der Waals surface area contributed by atoms with Crippen molar-refractivity contribution in [2.24, 2.45) is 0 Å². The first-order valence-corrected chi connectivity index (χ1v) is 7.03. The molecule has 1 aliphatic heterocycles. The molecule has 21 heavy (non-hydrogen) atoms. The SMILES string of the molecule is COCCOc1ccc(NC(=O)CC2CCCN2)cc1.Cl. The van der Waals surface area contributed by atoms with Gasteiger partial charge < -0.3 is 20.1 Å². The molecule has 1 aliphatic rings. The van der Waals surface area contributed by atoms with Gasteiger partial charge in [-0.05, 0) is 43.7 Å². The first kappa shape index (κ1) is 17.8. The average molecular weight is 315 g/mol. The molecule has 1 fully saturated rings. The third-order valence-electron chi connectivity index (χ3n) is 3.29. The zero-order valence-corrected chi connectivity index (χ0v) is 13.1. The third-order valence-corrected chi connectivity index (χ3v) is 3.29. The van der Waals surface area contributed by atoms with Crippen molar-refractivity contribution >= 4 is 24.0 Å². The Kier molecular flexibility index (Phi) is 8.12. The van der Waals surface area contributed by atoms with Crippen LogP contribution in [0.25, 0.3) is 0 Å². The number of hydrogen-bond acceptors (Lipinski definition) is 4. The number of methoxy groups -OCH3 is 1. The minimum atomic E-state index is 0. The molecule has 1 unspecified atom stereocenters. The quantitative estimate of drug-likeness (QED) is 0.758. The van der Waals surface area contributed by atoms with Crippen molar-refractivity contribution in [1.29, 1.82) is 0 Å². The van der Waals surface area contributed by atoms with Gasteiger partial charge in [-0.2, -0.15) is 0 Å². The van der Waals surface area contributed by atoms with Crippen LogP contribution in [-0.2, 0) is 9.53 Å². The highest BCUT2D eigenvalue weighted by Crippen LogP contribution is 2.16. The summed E-state index contributed by atoms with van der Waals surface area (Å²) in [6.07, 6.45) is 2.78. The van der Waals surface area contributed by atoms with Crippen LogP contribution in [0, 0.1) is 0 Å². The molecular formula is C15H23ClN2O3. The zero-order valence-electron chi connectivity index (χ0n) is 12.3. The van der Waals surface area contributed by atoms with Gasteiger partial charge in [0.15, 0.2) is 0 Å². The minimum Gasteiger partial charge on any atom is -0.491 e. The molecule has 1 atom stereocenters. The molecule has 1 aromatic carbocycles. The molecule has 1 heterocycles. The largest absolute Gasteiger partial charge is 0.491 e. The van der Waals surface area contributed by atoms with Gasteiger partial charge in [0.05, 0.1) is 6.61 Å². The molecule has 0 saturated carbocycles. The summed E-state index contributed by atoms with van der Waals surface area (Å²) >= 11 is 0. The Morgan fingerprint density at radius 2 is 2.10 bits per heavy atom. The monoisotopic (exact) mass is 314 g/mol. The van der Waals surface area contributed by atoms with Crippen LogP contribution in [0.4, 0.5) is 5.69 Å². The number of carbonyl (C=O) groups is 1. The normalized spacial score (nSPS) is 17.1. The summed E-state index contributed by atoms with van der Waals surface area (Å²) in [6.45, 7) is 2.11. The molecule has 1 amide bonds. The second-order valence-corrected chi connectivity index (χ2v) is 4.91. The predicted molar refractivity (Wildman–Crippen MR) is 85.3 cm³/mol. The first-order valence-electron chi connectivity index (χ1n) is 7.03. The van der Waals surface area contributed by atoms with Crippen LogP contribution >= 0.6 is 12.4 Å². The standard InChI is InChI=1S/C15H22N2O3.ClH/c1-19-9-10-20-14-6-4-12(5-7-14)17-15(18)11-13-3-2-8-16-13;/h4-7,13,16H,2-3,8-11H2,1H3,(H,17,18);1H. The van der Waals surface area contributed by atoms with Crippen molar-refractivity contribution in [2.75, 3.05) is 32.2 Å². The summed E-state index contributed by atoms with van der Waals surface area (Å²) in [6, 6.07) is 7.72. The molecule has 0 spiro atoms. The molecule has 5 nitrogen and oxygen atoms in total. The molecule has 118 valence electrons. The average Bonchev–Trinajstić information content (AvgIpc) is 2.94. The molecule has 0 bridgehead atoms. The molecule has 1 saturated heterocycles. The van der Waals surface area contributed by atoms with Crippen LogP contribution in [-0.4, -0.2) is 38.8 Å². The Morgan fingerprint density at radius 1 is 1.33 bits per heavy atom. The Balaban J connectivity index is 0.00000220. The Morgan fingerprint density at radius 3 is 2.71 bits per heavy atom. The topological polar surface area (TPSA) is 59.6 Å². The van der Waals surface area contributed by atoms with E-state index in [0.29, 0.717) is 25.7 Å². The van der Waals surface area contributed by atoms with Crippen LogP contribution in [0.5, 0.6) is 5.75 Å². The second-order valence-electron chi connectivity index (χ2n) is 4.91. The van der Waals surface area contributed by atoms with E-state index < -0.39 is 0 Å². The van der Waals surface area contributed by atoms with Crippen molar-refractivity contribution in [2.45, 2.75) is 25.3 Å². The number of carbonyl (C=O) groups excluding carboxylic acids is 1. The van der Waals surface area contributed by atoms with Gasteiger partial charge in [-0.1, -0.05) is 0 Å². The van der Waals surface area contributed by atoms with Crippen molar-refractivity contribution in [3.8, 4) is 5.75 Å². The Hall–Kier alpha value is -1.30. The number of hydrogen-bond donors (Lipinski definition) is 2. The number of anilines is 1. The van der Waals surface area contributed by atoms with Crippen LogP contribution in [0.3, 0.4) is 0 Å². The van der Waals surface area contributed by atoms with Gasteiger partial charge in [-0.3, -0.25) is 4.79 Å². The van der Waals surface area contributed by atoms with E-state index in [0.717, 1.165) is 30.8 Å². The molecule has 2 rings (SSSR count). The fourth-order valence-electron chi connectivity index (χ4n) is 2.24. The summed E-state index contributed by atoms with van der Waals surface area (Å²) in [5.41, 5.74) is 0.798. The number of nitrogens with one attached hydrogen (secondary N) is 2. The predicted octanol–water partition coefficient (Wildman–Crippen LogP) is 2.21. The highest BCUT2D eigenvalue weighted by atomic mass is 35.5. The summed E-state index contributed by atoms with van der Waals surface area (Å²) < 4.78 is 10.4. The highest BCUT2D eigenvalue weighted by Gasteiger charge is 2.17. The summed E-state index contributed by atoms with van der Waals surface area (Å²) in [5, 5.41) is 6.22. The van der Waals surface area contributed by atoms with Crippen LogP contribution < -0.4 is 15.4 Å². The maximum Gasteiger partial charge on any atom is 0.225 e. The molecule has 0 aliphatic carbocycles. The van der Waals surface area contributed by atoms with Crippen molar-refractivity contribution in [3.63, 3.8) is 0 Å². The van der Waals surface area contributed by atoms with Crippen molar-refractivity contribution in [1.82, 2.24) is 5.32 Å². The minimum absolute atomic E-state index is 0. The van der Waals surface area contributed by atoms with Crippen LogP contribution in [0.2, 0.25) is 0 Å². The van der Waals surface area contributed by atoms with E-state index in [2.05, 4.69) is 10.6 Å². The van der Waals surface area contributed by atoms with Crippen LogP contribution in [0.15, 0.2) is 24.3 Å². The number of halogens is 1. The third kappa shape index (κ3) is 6.33. The van der Waals surface area contributed by atoms with Gasteiger partial charge in [0.2, 0.25) is 5.91 Å². The lowest BCUT2D eigenvalue weighted by molar-refractivity contribution is -0.116. The number of ether oxygens (including phenoxy) is 2. The summed E-state index contributed by atoms with van der Waals surface area (Å²) in [5.74, 6) is 0.829. The Bertz CT molecular complexity index is 419. The van der Waals surface area contributed by atoms with E-state index in [1.807, 2.05) is 24.3 Å². The van der Waals surface area contributed by atoms with Gasteiger partial charge in [0.25, 0.3) is 0 Å². The van der Waals surface area contributed by atoms with E-state index in [4.69, 9.17) is 9.47 Å². The van der Waals surface area contributed by atoms with Gasteiger partial charge >= 0.3 is 0 Å². The number of benzene rings is 1. The van der Waals surface area contributed by atoms with Gasteiger partial charge in [0, 0.05) is 25.3 Å². The zero-order chi connectivity index (χ0) is 14.2. The van der Waals surface area contributed by atoms with Crippen molar-refractivity contribution in [3.05, 3.63) is 24.3 Å². The van der Waals surface area contributed by atoms with E-state index in [1.54, 1.807) is 7.11 Å². The molecule has 0 radical (unpaired) electrons. The van der Waals surface area contributed by atoms with Gasteiger partial charge in [-0.25, -0.2) is 0 Å². The summed E-state index contributed by atoms with van der Waals surface area (Å²) in [4.78, 5) is 11.9. The molecule has 1 aromatic rings. The maximum atomic E-state index is 11.9. The summed E-state index contributed by atoms with van der Waals surface area (Å²) in [7, 11) is 1.64. The lowest BCUT2D eigenvalue weighted by Crippen LogP contribution is -2.27. The van der Waals surface area contributed by atoms with Gasteiger partial charge in [0.1, 0.15) is 12.4 Å². The fraction of sp³-hybridized carbons (Fsp3) is 0.533. The smallest absolute Gasteiger partial charge is 0.225 e. The molecular weight excluding hydrogens is 292 g/mol. The second kappa shape index (κ2) is 9.60. The number of rotatable bonds is 7. The van der Waals surface area contributed by atoms with E-state index in [-0.39, 0.29) is 18.3 Å². The Labute approximate surface area is 131 Å². The molecule has 0 aromatic heterocycles. The van der Waals surface area contributed by atoms with E-state index in [9.17, 15) is 4.79 Å². The molecule has 2 N–H and O–H groups in total. The van der Waals surface area contributed by atoms with Crippen LogP contribution in [0.1, 0.15) is 19.3 Å². The number of amides is 1. The lowest BCUT2D eigenvalue weighted by Gasteiger charge is -2.11. The van der Waals surface area contributed by atoms with E-state index in [1.165, 1.54) is 0 Å². The molecule has 6 heteroatoms.